The van der Waals surface area contributed by atoms with E-state index in [0.717, 1.165) is 18.1 Å². The number of aryl methyl sites for hydroxylation is 2. The van der Waals surface area contributed by atoms with Crippen LogP contribution in [0.1, 0.15) is 84.3 Å². The van der Waals surface area contributed by atoms with Crippen molar-refractivity contribution in [2.75, 3.05) is 20.2 Å². The maximum atomic E-state index is 14.6. The van der Waals surface area contributed by atoms with Crippen molar-refractivity contribution in [3.05, 3.63) is 65.7 Å². The van der Waals surface area contributed by atoms with E-state index in [2.05, 4.69) is 31.9 Å². The Hall–Kier alpha value is -6.20. The number of hydrogen-bond acceptors (Lipinski definition) is 10. The van der Waals surface area contributed by atoms with Crippen LogP contribution in [0.15, 0.2) is 54.6 Å². The van der Waals surface area contributed by atoms with Crippen LogP contribution in [0.25, 0.3) is 0 Å². The number of hydrogen-bond donors (Lipinski definition) is 8. The van der Waals surface area contributed by atoms with Gasteiger partial charge in [-0.25, -0.2) is 9.59 Å². The van der Waals surface area contributed by atoms with Crippen molar-refractivity contribution >= 4 is 47.5 Å². The fourth-order valence-corrected chi connectivity index (χ4v) is 6.88. The molecule has 0 unspecified atom stereocenters. The molecule has 1 aliphatic heterocycles. The van der Waals surface area contributed by atoms with Crippen LogP contribution in [-0.2, 0) is 51.1 Å². The molecule has 1 saturated heterocycles. The number of phenols is 1. The third kappa shape index (κ3) is 16.0. The van der Waals surface area contributed by atoms with E-state index in [1.165, 1.54) is 24.1 Å². The van der Waals surface area contributed by atoms with Gasteiger partial charge in [-0.05, 0) is 80.0 Å². The highest BCUT2D eigenvalue weighted by Gasteiger charge is 2.37. The van der Waals surface area contributed by atoms with Gasteiger partial charge in [0.2, 0.25) is 29.5 Å². The van der Waals surface area contributed by atoms with Crippen LogP contribution in [0, 0.1) is 11.8 Å². The molecule has 18 nitrogen and oxygen atoms in total. The summed E-state index contributed by atoms with van der Waals surface area (Å²) >= 11 is 0. The molecule has 2 aromatic rings. The van der Waals surface area contributed by atoms with Crippen molar-refractivity contribution in [2.24, 2.45) is 11.8 Å². The van der Waals surface area contributed by atoms with Crippen LogP contribution in [0.5, 0.6) is 5.75 Å². The molecule has 1 heterocycles. The maximum absolute atomic E-state index is 14.6. The number of carboxylic acid groups (broad SMARTS) is 1. The summed E-state index contributed by atoms with van der Waals surface area (Å²) in [5.41, 5.74) is 1.61. The maximum Gasteiger partial charge on any atom is 0.326 e. The first-order chi connectivity index (χ1) is 29.4. The highest BCUT2D eigenvalue weighted by Crippen LogP contribution is 2.17. The average Bonchev–Trinajstić information content (AvgIpc) is 3.23. The Kier molecular flexibility index (Phi) is 20.2. The zero-order valence-corrected chi connectivity index (χ0v) is 36.4. The number of carbonyl (C=O) groups is 8. The summed E-state index contributed by atoms with van der Waals surface area (Å²) < 4.78 is 5.14. The molecular weight excluding hydrogens is 803 g/mol. The van der Waals surface area contributed by atoms with Gasteiger partial charge in [-0.2, -0.15) is 0 Å². The molecule has 7 amide bonds. The third-order valence-electron chi connectivity index (χ3n) is 10.9. The summed E-state index contributed by atoms with van der Waals surface area (Å²) in [4.78, 5) is 109. The van der Waals surface area contributed by atoms with Gasteiger partial charge < -0.3 is 51.8 Å². The van der Waals surface area contributed by atoms with Gasteiger partial charge in [0.15, 0.2) is 0 Å². The molecular formula is C44H63N7O11. The summed E-state index contributed by atoms with van der Waals surface area (Å²) in [5, 5.41) is 35.5. The van der Waals surface area contributed by atoms with E-state index in [-0.39, 0.29) is 50.8 Å². The molecule has 0 spiro atoms. The van der Waals surface area contributed by atoms with Gasteiger partial charge >= 0.3 is 18.0 Å². The second kappa shape index (κ2) is 24.9. The molecule has 0 bridgehead atoms. The van der Waals surface area contributed by atoms with E-state index in [1.54, 1.807) is 39.8 Å². The summed E-state index contributed by atoms with van der Waals surface area (Å²) in [5.74, 6) is -6.33. The molecule has 0 radical (unpaired) electrons. The largest absolute Gasteiger partial charge is 0.508 e. The third-order valence-corrected chi connectivity index (χ3v) is 10.9. The van der Waals surface area contributed by atoms with Crippen LogP contribution in [-0.4, -0.2) is 119 Å². The number of benzene rings is 2. The molecule has 340 valence electrons. The number of aliphatic carboxylic acids is 1. The Labute approximate surface area is 362 Å². The van der Waals surface area contributed by atoms with Gasteiger partial charge in [0.1, 0.15) is 48.6 Å². The van der Waals surface area contributed by atoms with Crippen LogP contribution in [0.4, 0.5) is 4.79 Å². The predicted molar refractivity (Wildman–Crippen MR) is 228 cm³/mol. The Morgan fingerprint density at radius 3 is 2.06 bits per heavy atom. The molecule has 7 atom stereocenters. The standard InChI is InChI=1S/C44H63N7O11/c1-7-27(4)37(43(59)60)50-44(61)48-32-15-11-12-24-45-38(54)34(25-62-28(5)52)47-40(56)35(23-19-30-16-20-31(53)21-17-30)51(6)42(58)33(22-18-29-13-9-8-10-14-29)46-41(57)36(26(2)3)49-39(32)55/h8-10,13-14,16-17,20-21,26-27,32-37,53H,7,11-12,15,18-19,22-25H2,1-6H3,(H,45,54)(H,46,57)(H,47,56)(H,49,55)(H,59,60)(H2,48,50,61)/t27-,32+,33-,34-,35-,36+,37-/m1/s1. The molecule has 1 aliphatic rings. The average molecular weight is 866 g/mol. The van der Waals surface area contributed by atoms with Gasteiger partial charge in [-0.1, -0.05) is 76.6 Å². The number of carboxylic acids is 1. The number of carbonyl (C=O) groups excluding carboxylic acids is 7. The Balaban J connectivity index is 2.06. The molecule has 0 aromatic heterocycles. The Morgan fingerprint density at radius 2 is 1.45 bits per heavy atom. The Morgan fingerprint density at radius 1 is 0.823 bits per heavy atom. The number of likely N-dealkylation sites (N-methyl/N-ethyl adjacent to an activating group) is 1. The van der Waals surface area contributed by atoms with Crippen LogP contribution < -0.4 is 31.9 Å². The minimum atomic E-state index is -1.37. The number of nitrogens with one attached hydrogen (secondary N) is 6. The molecule has 1 fully saturated rings. The molecule has 8 N–H and O–H groups in total. The number of rotatable bonds is 14. The van der Waals surface area contributed by atoms with Crippen molar-refractivity contribution in [2.45, 2.75) is 122 Å². The monoisotopic (exact) mass is 865 g/mol. The molecule has 18 heteroatoms. The highest BCUT2D eigenvalue weighted by atomic mass is 16.5. The molecule has 0 aliphatic carbocycles. The van der Waals surface area contributed by atoms with Crippen LogP contribution in [0.3, 0.4) is 0 Å². The number of amides is 7. The van der Waals surface area contributed by atoms with Crippen LogP contribution in [0.2, 0.25) is 0 Å². The second-order valence-corrected chi connectivity index (χ2v) is 16.0. The normalized spacial score (nSPS) is 22.0. The topological polar surface area (TPSA) is 262 Å². The number of nitrogens with zero attached hydrogens (tertiary/aromatic N) is 1. The SMILES string of the molecule is CC[C@@H](C)[C@@H](NC(=O)N[C@H]1CCCCNC(=O)[C@@H](COC(C)=O)NC(=O)[C@@H](CCc2ccc(O)cc2)N(C)C(=O)[C@@H](CCc2ccccc2)NC(=O)[C@H](C(C)C)NC1=O)C(=O)O. The van der Waals surface area contributed by atoms with Crippen molar-refractivity contribution in [3.63, 3.8) is 0 Å². The van der Waals surface area contributed by atoms with Gasteiger partial charge in [-0.3, -0.25) is 28.8 Å². The first-order valence-corrected chi connectivity index (χ1v) is 21.1. The lowest BCUT2D eigenvalue weighted by molar-refractivity contribution is -0.146. The van der Waals surface area contributed by atoms with E-state index in [9.17, 15) is 48.6 Å². The summed E-state index contributed by atoms with van der Waals surface area (Å²) in [6, 6.07) is 7.17. The summed E-state index contributed by atoms with van der Waals surface area (Å²) in [7, 11) is 1.41. The number of esters is 1. The van der Waals surface area contributed by atoms with Crippen molar-refractivity contribution < 1.29 is 53.3 Å². The van der Waals surface area contributed by atoms with Crippen molar-refractivity contribution in [1.29, 1.82) is 0 Å². The predicted octanol–water partition coefficient (Wildman–Crippen LogP) is 1.93. The first-order valence-electron chi connectivity index (χ1n) is 21.1. The second-order valence-electron chi connectivity index (χ2n) is 16.0. The fraction of sp³-hybridized carbons (Fsp3) is 0.545. The highest BCUT2D eigenvalue weighted by molar-refractivity contribution is 5.96. The minimum absolute atomic E-state index is 0.0158. The summed E-state index contributed by atoms with van der Waals surface area (Å²) in [6.45, 7) is 7.52. The molecule has 3 rings (SSSR count). The summed E-state index contributed by atoms with van der Waals surface area (Å²) in [6.07, 6.45) is 1.75. The number of urea groups is 1. The van der Waals surface area contributed by atoms with Gasteiger partial charge in [0.25, 0.3) is 0 Å². The minimum Gasteiger partial charge on any atom is -0.508 e. The molecule has 2 aromatic carbocycles. The molecule has 62 heavy (non-hydrogen) atoms. The van der Waals surface area contributed by atoms with Crippen molar-refractivity contribution in [3.8, 4) is 5.75 Å². The lowest BCUT2D eigenvalue weighted by Crippen LogP contribution is -2.61. The van der Waals surface area contributed by atoms with Gasteiger partial charge in [0, 0.05) is 20.5 Å². The number of ether oxygens (including phenoxy) is 1. The Bertz CT molecular complexity index is 1840. The lowest BCUT2D eigenvalue weighted by atomic mass is 9.98. The van der Waals surface area contributed by atoms with E-state index < -0.39 is 102 Å². The van der Waals surface area contributed by atoms with Crippen LogP contribution >= 0.6 is 0 Å². The zero-order chi connectivity index (χ0) is 45.9. The number of phenolic OH excluding ortho intramolecular Hbond substituents is 1. The first kappa shape index (κ1) is 50.2. The van der Waals surface area contributed by atoms with Crippen molar-refractivity contribution in [1.82, 2.24) is 36.8 Å². The quantitative estimate of drug-likeness (QED) is 0.127. The van der Waals surface area contributed by atoms with Gasteiger partial charge in [-0.15, -0.1) is 0 Å². The smallest absolute Gasteiger partial charge is 0.326 e. The van der Waals surface area contributed by atoms with E-state index in [1.807, 2.05) is 30.3 Å². The molecule has 0 saturated carbocycles. The van der Waals surface area contributed by atoms with E-state index in [0.29, 0.717) is 12.8 Å². The number of aromatic hydroxyl groups is 1. The lowest BCUT2D eigenvalue weighted by Gasteiger charge is -2.33. The fourth-order valence-electron chi connectivity index (χ4n) is 6.88. The zero-order valence-electron chi connectivity index (χ0n) is 36.4. The van der Waals surface area contributed by atoms with E-state index >= 15 is 0 Å². The van der Waals surface area contributed by atoms with Gasteiger partial charge in [0.05, 0.1) is 0 Å². The van der Waals surface area contributed by atoms with E-state index in [4.69, 9.17) is 4.74 Å².